The van der Waals surface area contributed by atoms with Crippen molar-refractivity contribution in [1.82, 2.24) is 0 Å². The fraction of sp³-hybridized carbons (Fsp3) is 0.250. The number of hydrogen-bond acceptors (Lipinski definition) is 6. The number of carbonyl (C=O) groups is 3. The maximum absolute atomic E-state index is 13.2. The molecular weight excluding hydrogens is 446 g/mol. The van der Waals surface area contributed by atoms with Gasteiger partial charge in [-0.1, -0.05) is 23.7 Å². The van der Waals surface area contributed by atoms with Gasteiger partial charge in [-0.15, -0.1) is 0 Å². The van der Waals surface area contributed by atoms with E-state index in [1.165, 1.54) is 24.0 Å². The topological polar surface area (TPSA) is 136 Å². The van der Waals surface area contributed by atoms with Gasteiger partial charge in [0.05, 0.1) is 22.0 Å². The van der Waals surface area contributed by atoms with Crippen molar-refractivity contribution in [2.24, 2.45) is 5.14 Å². The fourth-order valence-electron chi connectivity index (χ4n) is 3.16. The number of amides is 2. The summed E-state index contributed by atoms with van der Waals surface area (Å²) in [5.41, 5.74) is -0.478. The summed E-state index contributed by atoms with van der Waals surface area (Å²) in [6.45, 7) is 4.51. The quantitative estimate of drug-likeness (QED) is 0.665. The number of primary sulfonamides is 1. The van der Waals surface area contributed by atoms with E-state index >= 15 is 0 Å². The van der Waals surface area contributed by atoms with Crippen LogP contribution in [0.5, 0.6) is 0 Å². The second kappa shape index (κ2) is 7.95. The smallest absolute Gasteiger partial charge is 0.338 e. The number of esters is 1. The predicted molar refractivity (Wildman–Crippen MR) is 114 cm³/mol. The number of nitrogens with zero attached hydrogens (tertiary/aromatic N) is 1. The molecule has 2 aromatic rings. The molecule has 2 amide bonds. The molecule has 3 N–H and O–H groups in total. The van der Waals surface area contributed by atoms with E-state index in [4.69, 9.17) is 21.5 Å². The van der Waals surface area contributed by atoms with Crippen molar-refractivity contribution in [3.63, 3.8) is 0 Å². The Bertz CT molecular complexity index is 1200. The Morgan fingerprint density at radius 3 is 2.48 bits per heavy atom. The Labute approximate surface area is 184 Å². The zero-order valence-electron chi connectivity index (χ0n) is 16.9. The molecule has 0 fully saturated rings. The van der Waals surface area contributed by atoms with Crippen LogP contribution >= 0.6 is 11.6 Å². The number of anilines is 2. The van der Waals surface area contributed by atoms with E-state index in [0.717, 1.165) is 6.07 Å². The van der Waals surface area contributed by atoms with Crippen molar-refractivity contribution in [3.8, 4) is 0 Å². The number of halogens is 1. The Morgan fingerprint density at radius 2 is 1.84 bits per heavy atom. The fourth-order valence-corrected chi connectivity index (χ4v) is 4.23. The summed E-state index contributed by atoms with van der Waals surface area (Å²) < 4.78 is 28.5. The van der Waals surface area contributed by atoms with E-state index < -0.39 is 44.3 Å². The largest absolute Gasteiger partial charge is 0.449 e. The molecule has 1 atom stereocenters. The van der Waals surface area contributed by atoms with E-state index in [-0.39, 0.29) is 10.6 Å². The van der Waals surface area contributed by atoms with Crippen LogP contribution in [0.4, 0.5) is 11.4 Å². The zero-order chi connectivity index (χ0) is 23.1. The number of nitrogens with one attached hydrogen (secondary N) is 1. The molecule has 164 valence electrons. The Hall–Kier alpha value is -2.95. The maximum atomic E-state index is 13.2. The number of rotatable bonds is 4. The molecule has 9 nitrogen and oxygen atoms in total. The van der Waals surface area contributed by atoms with Gasteiger partial charge in [0.15, 0.2) is 6.10 Å². The molecule has 0 saturated heterocycles. The molecule has 0 aliphatic carbocycles. The molecule has 0 bridgehead atoms. The van der Waals surface area contributed by atoms with Crippen LogP contribution in [0.2, 0.25) is 5.02 Å². The zero-order valence-corrected chi connectivity index (χ0v) is 18.5. The number of para-hydroxylation sites is 2. The van der Waals surface area contributed by atoms with Crippen molar-refractivity contribution in [1.29, 1.82) is 0 Å². The molecule has 1 aliphatic heterocycles. The lowest BCUT2D eigenvalue weighted by Crippen LogP contribution is -2.60. The molecule has 2 aromatic carbocycles. The summed E-state index contributed by atoms with van der Waals surface area (Å²) in [7, 11) is -4.17. The van der Waals surface area contributed by atoms with E-state index in [0.29, 0.717) is 11.4 Å². The average molecular weight is 466 g/mol. The summed E-state index contributed by atoms with van der Waals surface area (Å²) in [5.74, 6) is -1.97. The summed E-state index contributed by atoms with van der Waals surface area (Å²) in [6, 6.07) is 10.2. The number of sulfonamides is 1. The van der Waals surface area contributed by atoms with Gasteiger partial charge in [-0.2, -0.15) is 0 Å². The molecule has 1 aliphatic rings. The lowest BCUT2D eigenvalue weighted by atomic mass is 9.95. The normalized spacial score (nSPS) is 16.2. The first-order valence-corrected chi connectivity index (χ1v) is 11.0. The predicted octanol–water partition coefficient (Wildman–Crippen LogP) is 2.30. The number of benzene rings is 2. The van der Waals surface area contributed by atoms with E-state index in [1.54, 1.807) is 38.1 Å². The third kappa shape index (κ3) is 4.27. The van der Waals surface area contributed by atoms with Crippen LogP contribution in [0.25, 0.3) is 0 Å². The van der Waals surface area contributed by atoms with E-state index in [9.17, 15) is 22.8 Å². The molecule has 31 heavy (non-hydrogen) atoms. The van der Waals surface area contributed by atoms with Crippen LogP contribution in [0.1, 0.15) is 31.1 Å². The average Bonchev–Trinajstić information content (AvgIpc) is 2.67. The van der Waals surface area contributed by atoms with Crippen molar-refractivity contribution >= 4 is 50.8 Å². The minimum atomic E-state index is -4.17. The third-order valence-corrected chi connectivity index (χ3v) is 6.23. The van der Waals surface area contributed by atoms with Gasteiger partial charge in [0.1, 0.15) is 10.4 Å². The second-order valence-electron chi connectivity index (χ2n) is 7.44. The van der Waals surface area contributed by atoms with Gasteiger partial charge in [-0.3, -0.25) is 14.5 Å². The number of nitrogens with two attached hydrogens (primary N) is 1. The minimum absolute atomic E-state index is 0.149. The van der Waals surface area contributed by atoms with Crippen molar-refractivity contribution in [3.05, 3.63) is 53.1 Å². The molecule has 0 spiro atoms. The van der Waals surface area contributed by atoms with Crippen molar-refractivity contribution < 1.29 is 27.5 Å². The Balaban J connectivity index is 1.89. The molecular formula is C20H20ClN3O6S. The Morgan fingerprint density at radius 1 is 1.19 bits per heavy atom. The molecule has 3 rings (SSSR count). The number of carbonyl (C=O) groups excluding carboxylic acids is 3. The van der Waals surface area contributed by atoms with E-state index in [2.05, 4.69) is 5.32 Å². The summed E-state index contributed by atoms with van der Waals surface area (Å²) in [5, 5.41) is 7.69. The molecule has 0 aromatic heterocycles. The van der Waals surface area contributed by atoms with Crippen LogP contribution in [-0.4, -0.2) is 37.8 Å². The van der Waals surface area contributed by atoms with Gasteiger partial charge in [0, 0.05) is 0 Å². The lowest BCUT2D eigenvalue weighted by Gasteiger charge is -2.42. The highest BCUT2D eigenvalue weighted by atomic mass is 35.5. The maximum Gasteiger partial charge on any atom is 0.338 e. The van der Waals surface area contributed by atoms with Gasteiger partial charge in [-0.25, -0.2) is 18.4 Å². The first-order valence-electron chi connectivity index (χ1n) is 9.12. The first-order chi connectivity index (χ1) is 14.3. The van der Waals surface area contributed by atoms with Crippen LogP contribution in [0.15, 0.2) is 47.4 Å². The number of hydrogen-bond donors (Lipinski definition) is 2. The molecule has 1 heterocycles. The Kier molecular flexibility index (Phi) is 5.83. The summed E-state index contributed by atoms with van der Waals surface area (Å²) in [4.78, 5) is 39.1. The van der Waals surface area contributed by atoms with Crippen LogP contribution in [0.3, 0.4) is 0 Å². The van der Waals surface area contributed by atoms with Gasteiger partial charge in [0.2, 0.25) is 15.9 Å². The molecule has 0 saturated carbocycles. The van der Waals surface area contributed by atoms with Gasteiger partial charge in [-0.05, 0) is 51.1 Å². The molecule has 0 radical (unpaired) electrons. The lowest BCUT2D eigenvalue weighted by molar-refractivity contribution is -0.131. The standard InChI is InChI=1S/C20H20ClN3O6S/c1-11(30-18(26)12-8-9-13(21)16(10-12)31(22,28)29)17(25)24-15-7-5-4-6-14(15)23-19(27)20(24,2)3/h4-11H,1-3H3,(H,23,27)(H2,22,28,29)/t11-/m0/s1. The number of fused-ring (bicyclic) bond motifs is 1. The van der Waals surface area contributed by atoms with Crippen LogP contribution in [-0.2, 0) is 24.3 Å². The monoisotopic (exact) mass is 465 g/mol. The number of ether oxygens (including phenoxy) is 1. The van der Waals surface area contributed by atoms with Crippen LogP contribution < -0.4 is 15.4 Å². The van der Waals surface area contributed by atoms with Gasteiger partial charge < -0.3 is 10.1 Å². The highest BCUT2D eigenvalue weighted by Gasteiger charge is 2.45. The highest BCUT2D eigenvalue weighted by molar-refractivity contribution is 7.89. The van der Waals surface area contributed by atoms with Gasteiger partial charge in [0.25, 0.3) is 5.91 Å². The van der Waals surface area contributed by atoms with E-state index in [1.807, 2.05) is 0 Å². The second-order valence-corrected chi connectivity index (χ2v) is 9.38. The SMILES string of the molecule is C[C@H](OC(=O)c1ccc(Cl)c(S(N)(=O)=O)c1)C(=O)N1c2ccccc2NC(=O)C1(C)C. The minimum Gasteiger partial charge on any atom is -0.449 e. The summed E-state index contributed by atoms with van der Waals surface area (Å²) >= 11 is 5.83. The van der Waals surface area contributed by atoms with Gasteiger partial charge >= 0.3 is 5.97 Å². The van der Waals surface area contributed by atoms with Crippen molar-refractivity contribution in [2.45, 2.75) is 37.3 Å². The summed E-state index contributed by atoms with van der Waals surface area (Å²) in [6.07, 6.45) is -1.28. The van der Waals surface area contributed by atoms with Crippen molar-refractivity contribution in [2.75, 3.05) is 10.2 Å². The molecule has 0 unspecified atom stereocenters. The first kappa shape index (κ1) is 22.7. The van der Waals surface area contributed by atoms with Crippen LogP contribution in [0, 0.1) is 0 Å². The highest BCUT2D eigenvalue weighted by Crippen LogP contribution is 2.37. The molecule has 11 heteroatoms. The third-order valence-electron chi connectivity index (χ3n) is 4.83.